The Kier molecular flexibility index (Phi) is 4.59. The van der Waals surface area contributed by atoms with E-state index in [4.69, 9.17) is 10.5 Å². The van der Waals surface area contributed by atoms with Crippen LogP contribution in [0.25, 0.3) is 0 Å². The molecule has 1 saturated heterocycles. The van der Waals surface area contributed by atoms with Crippen LogP contribution >= 0.6 is 0 Å². The van der Waals surface area contributed by atoms with Gasteiger partial charge in [0.05, 0.1) is 18.1 Å². The SMILES string of the molecule is CC(Nc1cc(N)cc([N+](=O)[O-])c1)C(=O)N1CCOCC1. The Morgan fingerprint density at radius 2 is 2.10 bits per heavy atom. The Balaban J connectivity index is 2.06. The van der Waals surface area contributed by atoms with Gasteiger partial charge in [0, 0.05) is 36.6 Å². The van der Waals surface area contributed by atoms with Crippen molar-refractivity contribution in [2.24, 2.45) is 0 Å². The Bertz CT molecular complexity index is 543. The maximum absolute atomic E-state index is 12.2. The molecule has 3 N–H and O–H groups in total. The van der Waals surface area contributed by atoms with Gasteiger partial charge in [-0.15, -0.1) is 0 Å². The number of ether oxygens (including phenoxy) is 1. The largest absolute Gasteiger partial charge is 0.398 e. The Labute approximate surface area is 122 Å². The molecule has 1 atom stereocenters. The molecule has 1 aromatic rings. The number of carbonyl (C=O) groups excluding carboxylic acids is 1. The molecule has 1 heterocycles. The van der Waals surface area contributed by atoms with Gasteiger partial charge in [-0.1, -0.05) is 0 Å². The van der Waals surface area contributed by atoms with Crippen molar-refractivity contribution in [2.75, 3.05) is 37.4 Å². The van der Waals surface area contributed by atoms with Crippen molar-refractivity contribution in [3.63, 3.8) is 0 Å². The second-order valence-electron chi connectivity index (χ2n) is 4.87. The maximum Gasteiger partial charge on any atom is 0.273 e. The molecule has 1 amide bonds. The first-order chi connectivity index (χ1) is 9.97. The molecule has 0 aliphatic carbocycles. The summed E-state index contributed by atoms with van der Waals surface area (Å²) in [5.41, 5.74) is 6.26. The van der Waals surface area contributed by atoms with E-state index in [0.29, 0.717) is 32.0 Å². The quantitative estimate of drug-likeness (QED) is 0.483. The summed E-state index contributed by atoms with van der Waals surface area (Å²) in [6, 6.07) is 3.71. The molecule has 0 spiro atoms. The van der Waals surface area contributed by atoms with Crippen LogP contribution in [-0.2, 0) is 9.53 Å². The highest BCUT2D eigenvalue weighted by molar-refractivity contribution is 5.84. The zero-order chi connectivity index (χ0) is 15.4. The number of carbonyl (C=O) groups is 1. The van der Waals surface area contributed by atoms with Crippen molar-refractivity contribution in [2.45, 2.75) is 13.0 Å². The number of hydrogen-bond acceptors (Lipinski definition) is 6. The molecule has 0 aromatic heterocycles. The van der Waals surface area contributed by atoms with Gasteiger partial charge in [0.25, 0.3) is 5.69 Å². The van der Waals surface area contributed by atoms with Crippen LogP contribution in [0.1, 0.15) is 6.92 Å². The summed E-state index contributed by atoms with van der Waals surface area (Å²) in [6.45, 7) is 3.89. The van der Waals surface area contributed by atoms with Crippen LogP contribution < -0.4 is 11.1 Å². The number of nitro benzene ring substituents is 1. The van der Waals surface area contributed by atoms with Crippen molar-refractivity contribution in [1.29, 1.82) is 0 Å². The minimum Gasteiger partial charge on any atom is -0.398 e. The maximum atomic E-state index is 12.2. The van der Waals surface area contributed by atoms with Crippen LogP contribution in [0.5, 0.6) is 0 Å². The van der Waals surface area contributed by atoms with Gasteiger partial charge in [0.1, 0.15) is 6.04 Å². The number of morpholine rings is 1. The molecule has 8 nitrogen and oxygen atoms in total. The van der Waals surface area contributed by atoms with Gasteiger partial charge in [-0.25, -0.2) is 0 Å². The van der Waals surface area contributed by atoms with E-state index in [2.05, 4.69) is 5.32 Å². The fourth-order valence-corrected chi connectivity index (χ4v) is 2.19. The molecule has 0 bridgehead atoms. The smallest absolute Gasteiger partial charge is 0.273 e. The molecule has 0 saturated carbocycles. The van der Waals surface area contributed by atoms with E-state index in [1.54, 1.807) is 17.9 Å². The van der Waals surface area contributed by atoms with Crippen LogP contribution in [0.2, 0.25) is 0 Å². The summed E-state index contributed by atoms with van der Waals surface area (Å²) in [7, 11) is 0. The molecule has 1 aliphatic rings. The molecule has 21 heavy (non-hydrogen) atoms. The molecule has 0 radical (unpaired) electrons. The lowest BCUT2D eigenvalue weighted by atomic mass is 10.2. The topological polar surface area (TPSA) is 111 Å². The van der Waals surface area contributed by atoms with Crippen LogP contribution in [0.15, 0.2) is 18.2 Å². The third-order valence-electron chi connectivity index (χ3n) is 3.23. The highest BCUT2D eigenvalue weighted by Gasteiger charge is 2.22. The Morgan fingerprint density at radius 3 is 2.71 bits per heavy atom. The number of benzene rings is 1. The summed E-state index contributed by atoms with van der Waals surface area (Å²) in [5.74, 6) is -0.0663. The van der Waals surface area contributed by atoms with E-state index < -0.39 is 11.0 Å². The van der Waals surface area contributed by atoms with E-state index >= 15 is 0 Å². The van der Waals surface area contributed by atoms with Crippen LogP contribution in [0, 0.1) is 10.1 Å². The molecule has 1 fully saturated rings. The van der Waals surface area contributed by atoms with E-state index in [1.165, 1.54) is 12.1 Å². The van der Waals surface area contributed by atoms with Gasteiger partial charge in [-0.2, -0.15) is 0 Å². The number of nitrogen functional groups attached to an aromatic ring is 1. The molecule has 114 valence electrons. The number of nitrogens with zero attached hydrogens (tertiary/aromatic N) is 2. The van der Waals surface area contributed by atoms with E-state index in [9.17, 15) is 14.9 Å². The van der Waals surface area contributed by atoms with Crippen molar-refractivity contribution >= 4 is 23.0 Å². The first kappa shape index (κ1) is 15.0. The van der Waals surface area contributed by atoms with Gasteiger partial charge in [-0.3, -0.25) is 14.9 Å². The standard InChI is InChI=1S/C13H18N4O4/c1-9(13(18)16-2-4-21-5-3-16)15-11-6-10(14)7-12(8-11)17(19)20/h6-9,15H,2-5,14H2,1H3. The monoisotopic (exact) mass is 294 g/mol. The fraction of sp³-hybridized carbons (Fsp3) is 0.462. The number of nitro groups is 1. The zero-order valence-electron chi connectivity index (χ0n) is 11.7. The minimum atomic E-state index is -0.518. The van der Waals surface area contributed by atoms with Crippen LogP contribution in [0.4, 0.5) is 17.1 Å². The third-order valence-corrected chi connectivity index (χ3v) is 3.23. The lowest BCUT2D eigenvalue weighted by molar-refractivity contribution is -0.384. The van der Waals surface area contributed by atoms with E-state index in [0.717, 1.165) is 0 Å². The molecule has 8 heteroatoms. The lowest BCUT2D eigenvalue weighted by Gasteiger charge is -2.29. The van der Waals surface area contributed by atoms with Crippen LogP contribution in [-0.4, -0.2) is 48.1 Å². The first-order valence-electron chi connectivity index (χ1n) is 6.65. The summed E-state index contributed by atoms with van der Waals surface area (Å²) in [4.78, 5) is 24.2. The Hall–Kier alpha value is -2.35. The summed E-state index contributed by atoms with van der Waals surface area (Å²) < 4.78 is 5.20. The minimum absolute atomic E-state index is 0.0663. The number of amides is 1. The number of anilines is 2. The third kappa shape index (κ3) is 3.82. The van der Waals surface area contributed by atoms with E-state index in [1.807, 2.05) is 0 Å². The van der Waals surface area contributed by atoms with Gasteiger partial charge in [0.15, 0.2) is 0 Å². The molecule has 1 aromatic carbocycles. The van der Waals surface area contributed by atoms with Gasteiger partial charge < -0.3 is 20.7 Å². The molecule has 2 rings (SSSR count). The average molecular weight is 294 g/mol. The van der Waals surface area contributed by atoms with Crippen molar-refractivity contribution in [3.05, 3.63) is 28.3 Å². The van der Waals surface area contributed by atoms with Gasteiger partial charge in [-0.05, 0) is 13.0 Å². The molecule has 1 aliphatic heterocycles. The van der Waals surface area contributed by atoms with Crippen molar-refractivity contribution in [1.82, 2.24) is 4.90 Å². The molecular weight excluding hydrogens is 276 g/mol. The predicted molar refractivity (Wildman–Crippen MR) is 78.0 cm³/mol. The highest BCUT2D eigenvalue weighted by Crippen LogP contribution is 2.23. The Morgan fingerprint density at radius 1 is 1.43 bits per heavy atom. The zero-order valence-corrected chi connectivity index (χ0v) is 11.7. The van der Waals surface area contributed by atoms with E-state index in [-0.39, 0.29) is 17.3 Å². The fourth-order valence-electron chi connectivity index (χ4n) is 2.19. The summed E-state index contributed by atoms with van der Waals surface area (Å²) >= 11 is 0. The number of nitrogens with two attached hydrogens (primary N) is 1. The number of hydrogen-bond donors (Lipinski definition) is 2. The number of nitrogens with one attached hydrogen (secondary N) is 1. The second-order valence-corrected chi connectivity index (χ2v) is 4.87. The lowest BCUT2D eigenvalue weighted by Crippen LogP contribution is -2.47. The molecule has 1 unspecified atom stereocenters. The average Bonchev–Trinajstić information content (AvgIpc) is 2.46. The number of rotatable bonds is 4. The van der Waals surface area contributed by atoms with Gasteiger partial charge in [0.2, 0.25) is 5.91 Å². The van der Waals surface area contributed by atoms with Crippen molar-refractivity contribution in [3.8, 4) is 0 Å². The normalized spacial score (nSPS) is 16.3. The summed E-state index contributed by atoms with van der Waals surface area (Å²) in [6.07, 6.45) is 0. The van der Waals surface area contributed by atoms with Gasteiger partial charge >= 0.3 is 0 Å². The highest BCUT2D eigenvalue weighted by atomic mass is 16.6. The summed E-state index contributed by atoms with van der Waals surface area (Å²) in [5, 5.41) is 13.8. The van der Waals surface area contributed by atoms with Crippen molar-refractivity contribution < 1.29 is 14.5 Å². The number of non-ortho nitro benzene ring substituents is 1. The first-order valence-corrected chi connectivity index (χ1v) is 6.65. The second kappa shape index (κ2) is 6.40. The molecular formula is C13H18N4O4. The van der Waals surface area contributed by atoms with Crippen LogP contribution in [0.3, 0.4) is 0 Å². The predicted octanol–water partition coefficient (Wildman–Crippen LogP) is 0.836.